The lowest BCUT2D eigenvalue weighted by Crippen LogP contribution is -2.41. The third-order valence-corrected chi connectivity index (χ3v) is 4.56. The van der Waals surface area contributed by atoms with E-state index in [2.05, 4.69) is 0 Å². The van der Waals surface area contributed by atoms with Crippen molar-refractivity contribution in [2.45, 2.75) is 45.8 Å². The molecular weight excluding hydrogens is 277 g/mol. The van der Waals surface area contributed by atoms with Gasteiger partial charge in [0, 0.05) is 12.1 Å². The predicted molar refractivity (Wildman–Crippen MR) is 89.7 cm³/mol. The molecule has 0 amide bonds. The lowest BCUT2D eigenvalue weighted by atomic mass is 9.77. The molecule has 4 nitrogen and oxygen atoms in total. The minimum Gasteiger partial charge on any atom is -0.400 e. The Labute approximate surface area is 132 Å². The van der Waals surface area contributed by atoms with Crippen molar-refractivity contribution in [3.63, 3.8) is 0 Å². The highest BCUT2D eigenvalue weighted by Crippen LogP contribution is 2.38. The maximum absolute atomic E-state index is 10.9. The predicted octanol–water partition coefficient (Wildman–Crippen LogP) is 2.78. The zero-order valence-corrected chi connectivity index (χ0v) is 14.0. The highest BCUT2D eigenvalue weighted by molar-refractivity contribution is 6.55. The second-order valence-corrected chi connectivity index (χ2v) is 6.75. The van der Waals surface area contributed by atoms with E-state index in [1.165, 1.54) is 0 Å². The average Bonchev–Trinajstić information content (AvgIpc) is 2.65. The monoisotopic (exact) mass is 301 g/mol. The molecule has 0 bridgehead atoms. The Bertz CT molecular complexity index is 592. The summed E-state index contributed by atoms with van der Waals surface area (Å²) in [6.45, 7) is 10.3. The molecule has 1 aliphatic rings. The van der Waals surface area contributed by atoms with Crippen LogP contribution < -0.4 is 5.73 Å². The van der Waals surface area contributed by atoms with Gasteiger partial charge in [0.2, 0.25) is 0 Å². The van der Waals surface area contributed by atoms with Crippen molar-refractivity contribution in [3.05, 3.63) is 40.4 Å². The summed E-state index contributed by atoms with van der Waals surface area (Å²) in [5.41, 5.74) is 8.62. The third-order valence-electron chi connectivity index (χ3n) is 4.56. The van der Waals surface area contributed by atoms with Gasteiger partial charge in [-0.15, -0.1) is 0 Å². The number of benzene rings is 1. The number of hydrogen-bond donors (Lipinski definition) is 1. The molecule has 0 spiro atoms. The summed E-state index contributed by atoms with van der Waals surface area (Å²) < 4.78 is 12.1. The molecule has 1 saturated heterocycles. The number of carbonyl (C=O) groups excluding carboxylic acids is 1. The molecule has 2 N–H and O–H groups in total. The topological polar surface area (TPSA) is 61.6 Å². The van der Waals surface area contributed by atoms with Crippen LogP contribution >= 0.6 is 0 Å². The van der Waals surface area contributed by atoms with E-state index in [1.54, 1.807) is 0 Å². The molecule has 0 radical (unpaired) electrons. The van der Waals surface area contributed by atoms with Crippen LogP contribution in [0, 0.1) is 6.92 Å². The third kappa shape index (κ3) is 3.17. The van der Waals surface area contributed by atoms with Crippen molar-refractivity contribution in [2.75, 3.05) is 6.54 Å². The number of aldehydes is 1. The van der Waals surface area contributed by atoms with E-state index < -0.39 is 7.12 Å². The molecule has 0 atom stereocenters. The minimum atomic E-state index is -0.443. The van der Waals surface area contributed by atoms with Gasteiger partial charge in [-0.05, 0) is 51.2 Å². The van der Waals surface area contributed by atoms with Gasteiger partial charge in [-0.3, -0.25) is 4.79 Å². The molecule has 0 saturated carbocycles. The summed E-state index contributed by atoms with van der Waals surface area (Å²) in [4.78, 5) is 10.9. The van der Waals surface area contributed by atoms with Gasteiger partial charge in [-0.2, -0.15) is 0 Å². The normalized spacial score (nSPS) is 20.3. The highest BCUT2D eigenvalue weighted by Gasteiger charge is 2.52. The second-order valence-electron chi connectivity index (χ2n) is 6.75. The summed E-state index contributed by atoms with van der Waals surface area (Å²) in [5.74, 6) is 0. The zero-order chi connectivity index (χ0) is 16.5. The van der Waals surface area contributed by atoms with E-state index in [0.717, 1.165) is 22.9 Å². The number of carbonyl (C=O) groups is 1. The molecule has 5 heteroatoms. The Balaban J connectivity index is 2.29. The molecule has 0 unspecified atom stereocenters. The Morgan fingerprint density at radius 1 is 1.23 bits per heavy atom. The SMILES string of the molecule is Cc1cc(C=C(CN)B2OC(C)(C)C(C)(C)O2)ccc1C=O. The standard InChI is InChI=1S/C17H24BNO3/c1-12-8-13(6-7-14(12)11-20)9-15(10-19)18-21-16(2,3)17(4,5)22-18/h6-9,11H,10,19H2,1-5H3. The molecule has 1 fully saturated rings. The van der Waals surface area contributed by atoms with Gasteiger partial charge in [0.05, 0.1) is 11.2 Å². The van der Waals surface area contributed by atoms with Crippen LogP contribution in [0.4, 0.5) is 0 Å². The fraction of sp³-hybridized carbons (Fsp3) is 0.471. The summed E-state index contributed by atoms with van der Waals surface area (Å²) in [6, 6.07) is 5.68. The van der Waals surface area contributed by atoms with Gasteiger partial charge < -0.3 is 15.0 Å². The summed E-state index contributed by atoms with van der Waals surface area (Å²) in [6.07, 6.45) is 2.84. The van der Waals surface area contributed by atoms with E-state index in [0.29, 0.717) is 12.1 Å². The van der Waals surface area contributed by atoms with Crippen molar-refractivity contribution in [1.29, 1.82) is 0 Å². The van der Waals surface area contributed by atoms with Gasteiger partial charge >= 0.3 is 7.12 Å². The molecular formula is C17H24BNO3. The largest absolute Gasteiger partial charge is 0.491 e. The first-order chi connectivity index (χ1) is 10.2. The lowest BCUT2D eigenvalue weighted by molar-refractivity contribution is 0.00578. The second kappa shape index (κ2) is 5.99. The first-order valence-corrected chi connectivity index (χ1v) is 7.52. The van der Waals surface area contributed by atoms with Crippen molar-refractivity contribution in [3.8, 4) is 0 Å². The van der Waals surface area contributed by atoms with E-state index in [-0.39, 0.29) is 11.2 Å². The van der Waals surface area contributed by atoms with Crippen LogP contribution in [0.5, 0.6) is 0 Å². The molecule has 1 aromatic carbocycles. The number of aryl methyl sites for hydroxylation is 1. The van der Waals surface area contributed by atoms with Gasteiger partial charge in [0.1, 0.15) is 6.29 Å². The molecule has 118 valence electrons. The van der Waals surface area contributed by atoms with E-state index in [4.69, 9.17) is 15.0 Å². The van der Waals surface area contributed by atoms with Crippen LogP contribution in [-0.2, 0) is 9.31 Å². The molecule has 1 heterocycles. The van der Waals surface area contributed by atoms with E-state index in [9.17, 15) is 4.79 Å². The van der Waals surface area contributed by atoms with Crippen molar-refractivity contribution < 1.29 is 14.1 Å². The van der Waals surface area contributed by atoms with Gasteiger partial charge in [0.15, 0.2) is 0 Å². The molecule has 2 rings (SSSR count). The van der Waals surface area contributed by atoms with Gasteiger partial charge in [-0.25, -0.2) is 0 Å². The van der Waals surface area contributed by atoms with Crippen molar-refractivity contribution in [1.82, 2.24) is 0 Å². The van der Waals surface area contributed by atoms with Gasteiger partial charge in [-0.1, -0.05) is 24.3 Å². The minimum absolute atomic E-state index is 0.352. The summed E-state index contributed by atoms with van der Waals surface area (Å²) in [7, 11) is -0.443. The highest BCUT2D eigenvalue weighted by atomic mass is 16.7. The smallest absolute Gasteiger partial charge is 0.400 e. The summed E-state index contributed by atoms with van der Waals surface area (Å²) >= 11 is 0. The van der Waals surface area contributed by atoms with Crippen LogP contribution in [0.1, 0.15) is 49.2 Å². The molecule has 1 aromatic rings. The molecule has 1 aliphatic heterocycles. The first kappa shape index (κ1) is 16.9. The van der Waals surface area contributed by atoms with Crippen LogP contribution in [0.3, 0.4) is 0 Å². The first-order valence-electron chi connectivity index (χ1n) is 7.52. The number of hydrogen-bond acceptors (Lipinski definition) is 4. The van der Waals surface area contributed by atoms with E-state index in [1.807, 2.05) is 58.9 Å². The number of nitrogens with two attached hydrogens (primary N) is 1. The Morgan fingerprint density at radius 3 is 2.27 bits per heavy atom. The Kier molecular flexibility index (Phi) is 4.61. The van der Waals surface area contributed by atoms with E-state index >= 15 is 0 Å². The lowest BCUT2D eigenvalue weighted by Gasteiger charge is -2.32. The molecule has 0 aromatic heterocycles. The van der Waals surface area contributed by atoms with Crippen LogP contribution in [0.15, 0.2) is 23.7 Å². The number of rotatable bonds is 4. The fourth-order valence-electron chi connectivity index (χ4n) is 2.35. The Hall–Kier alpha value is -1.43. The molecule has 0 aliphatic carbocycles. The fourth-order valence-corrected chi connectivity index (χ4v) is 2.35. The van der Waals surface area contributed by atoms with Crippen molar-refractivity contribution >= 4 is 19.5 Å². The van der Waals surface area contributed by atoms with Crippen LogP contribution in [-0.4, -0.2) is 31.2 Å². The average molecular weight is 301 g/mol. The zero-order valence-electron chi connectivity index (χ0n) is 14.0. The summed E-state index contributed by atoms with van der Waals surface area (Å²) in [5, 5.41) is 0. The quantitative estimate of drug-likeness (QED) is 0.686. The maximum atomic E-state index is 10.9. The van der Waals surface area contributed by atoms with Gasteiger partial charge in [0.25, 0.3) is 0 Å². The van der Waals surface area contributed by atoms with Crippen LogP contribution in [0.2, 0.25) is 0 Å². The Morgan fingerprint density at radius 2 is 1.82 bits per heavy atom. The maximum Gasteiger partial charge on any atom is 0.491 e. The molecule has 22 heavy (non-hydrogen) atoms. The van der Waals surface area contributed by atoms with Crippen LogP contribution in [0.25, 0.3) is 6.08 Å². The van der Waals surface area contributed by atoms with Crippen molar-refractivity contribution in [2.24, 2.45) is 5.73 Å².